The number of nitrogens with one attached hydrogen (secondary N) is 1. The number of amides is 1. The predicted octanol–water partition coefficient (Wildman–Crippen LogP) is 5.78. The summed E-state index contributed by atoms with van der Waals surface area (Å²) >= 11 is 0. The maximum atomic E-state index is 15.1. The van der Waals surface area contributed by atoms with Gasteiger partial charge in [0.1, 0.15) is 16.9 Å². The number of hydrogen-bond acceptors (Lipinski definition) is 7. The fourth-order valence-corrected chi connectivity index (χ4v) is 4.37. The van der Waals surface area contributed by atoms with Gasteiger partial charge in [-0.15, -0.1) is 0 Å². The number of rotatable bonds is 7. The van der Waals surface area contributed by atoms with E-state index >= 15 is 8.78 Å². The maximum absolute atomic E-state index is 15.1. The van der Waals surface area contributed by atoms with Crippen molar-refractivity contribution in [3.8, 4) is 34.3 Å². The molecule has 12 heteroatoms. The lowest BCUT2D eigenvalue weighted by Crippen LogP contribution is -2.25. The Kier molecular flexibility index (Phi) is 7.53. The zero-order valence-electron chi connectivity index (χ0n) is 22.8. The number of pyridine rings is 3. The Morgan fingerprint density at radius 1 is 0.952 bits per heavy atom. The van der Waals surface area contributed by atoms with E-state index in [9.17, 15) is 14.0 Å². The quantitative estimate of drug-likeness (QED) is 0.262. The van der Waals surface area contributed by atoms with Crippen molar-refractivity contribution < 1.29 is 32.2 Å². The van der Waals surface area contributed by atoms with E-state index in [2.05, 4.69) is 15.3 Å². The lowest BCUT2D eigenvalue weighted by molar-refractivity contribution is 0.102. The van der Waals surface area contributed by atoms with Crippen molar-refractivity contribution in [1.82, 2.24) is 14.5 Å². The molecule has 1 amide bonds. The molecule has 0 saturated carbocycles. The minimum Gasteiger partial charge on any atom is -0.491 e. The summed E-state index contributed by atoms with van der Waals surface area (Å²) in [5.41, 5.74) is 0.485. The summed E-state index contributed by atoms with van der Waals surface area (Å²) in [6.45, 7) is 1.68. The Morgan fingerprint density at radius 3 is 2.29 bits per heavy atom. The van der Waals surface area contributed by atoms with Crippen LogP contribution in [-0.4, -0.2) is 34.7 Å². The number of fused-ring (bicyclic) bond motifs is 1. The molecule has 0 aliphatic heterocycles. The third-order valence-electron chi connectivity index (χ3n) is 6.55. The molecule has 2 aromatic carbocycles. The molecular formula is C30H23F3N4O5. The molecule has 9 nitrogen and oxygen atoms in total. The van der Waals surface area contributed by atoms with Crippen molar-refractivity contribution in [2.75, 3.05) is 19.5 Å². The van der Waals surface area contributed by atoms with Crippen molar-refractivity contribution in [3.05, 3.63) is 99.9 Å². The number of halogens is 3. The van der Waals surface area contributed by atoms with Gasteiger partial charge in [-0.2, -0.15) is 0 Å². The summed E-state index contributed by atoms with van der Waals surface area (Å²) in [4.78, 5) is 34.8. The molecule has 0 aliphatic carbocycles. The Morgan fingerprint density at radius 2 is 1.64 bits per heavy atom. The van der Waals surface area contributed by atoms with Gasteiger partial charge in [0.15, 0.2) is 28.9 Å². The fraction of sp³-hybridized carbons (Fsp3) is 0.133. The van der Waals surface area contributed by atoms with Crippen LogP contribution < -0.4 is 25.0 Å². The molecule has 0 atom stereocenters. The number of methoxy groups -OCH3 is 2. The maximum Gasteiger partial charge on any atom is 0.261 e. The van der Waals surface area contributed by atoms with Gasteiger partial charge in [0, 0.05) is 60.7 Å². The van der Waals surface area contributed by atoms with Crippen LogP contribution in [0.15, 0.2) is 65.7 Å². The van der Waals surface area contributed by atoms with E-state index in [0.717, 1.165) is 12.1 Å². The van der Waals surface area contributed by atoms with Crippen molar-refractivity contribution in [2.45, 2.75) is 6.92 Å². The highest BCUT2D eigenvalue weighted by molar-refractivity contribution is 6.04. The monoisotopic (exact) mass is 576 g/mol. The molecule has 0 radical (unpaired) electrons. The first-order valence-electron chi connectivity index (χ1n) is 12.4. The van der Waals surface area contributed by atoms with Crippen LogP contribution in [0, 0.1) is 24.4 Å². The molecule has 42 heavy (non-hydrogen) atoms. The summed E-state index contributed by atoms with van der Waals surface area (Å²) in [6, 6.07) is 9.89. The highest BCUT2D eigenvalue weighted by Gasteiger charge is 2.22. The highest BCUT2D eigenvalue weighted by Crippen LogP contribution is 2.36. The van der Waals surface area contributed by atoms with E-state index in [1.165, 1.54) is 63.0 Å². The van der Waals surface area contributed by atoms with Gasteiger partial charge in [-0.1, -0.05) is 12.1 Å². The molecule has 0 fully saturated rings. The summed E-state index contributed by atoms with van der Waals surface area (Å²) in [5, 5.41) is 2.36. The van der Waals surface area contributed by atoms with Gasteiger partial charge in [-0.3, -0.25) is 14.6 Å². The SMILES string of the molecule is COc1cc2nccc(Oc3c(F)cc(NC(=O)c4cn(C)c(C)c(-c5ccc(F)cc5)c4=O)cc3F)c2nc1OC. The van der Waals surface area contributed by atoms with Crippen LogP contribution in [0.4, 0.5) is 18.9 Å². The van der Waals surface area contributed by atoms with Crippen LogP contribution in [0.5, 0.6) is 23.1 Å². The molecule has 1 N–H and O–H groups in total. The number of ether oxygens (including phenoxy) is 3. The van der Waals surface area contributed by atoms with E-state index in [-0.39, 0.29) is 34.0 Å². The first-order chi connectivity index (χ1) is 20.1. The zero-order chi connectivity index (χ0) is 30.1. The average Bonchev–Trinajstić information content (AvgIpc) is 2.97. The van der Waals surface area contributed by atoms with E-state index in [1.54, 1.807) is 18.5 Å². The second kappa shape index (κ2) is 11.2. The molecule has 5 rings (SSSR count). The lowest BCUT2D eigenvalue weighted by Gasteiger charge is -2.15. The molecule has 3 aromatic heterocycles. The van der Waals surface area contributed by atoms with Gasteiger partial charge in [-0.05, 0) is 24.6 Å². The number of benzene rings is 2. The third kappa shape index (κ3) is 5.21. The molecule has 5 aromatic rings. The van der Waals surface area contributed by atoms with Gasteiger partial charge in [0.05, 0.1) is 19.7 Å². The van der Waals surface area contributed by atoms with Crippen molar-refractivity contribution in [1.29, 1.82) is 0 Å². The van der Waals surface area contributed by atoms with Crippen LogP contribution in [0.3, 0.4) is 0 Å². The summed E-state index contributed by atoms with van der Waals surface area (Å²) in [5.74, 6) is -3.95. The molecular weight excluding hydrogens is 553 g/mol. The highest BCUT2D eigenvalue weighted by atomic mass is 19.1. The predicted molar refractivity (Wildman–Crippen MR) is 149 cm³/mol. The van der Waals surface area contributed by atoms with Gasteiger partial charge in [-0.25, -0.2) is 18.2 Å². The van der Waals surface area contributed by atoms with E-state index < -0.39 is 34.5 Å². The number of carbonyl (C=O) groups is 1. The first-order valence-corrected chi connectivity index (χ1v) is 12.4. The molecule has 214 valence electrons. The van der Waals surface area contributed by atoms with Gasteiger partial charge >= 0.3 is 0 Å². The van der Waals surface area contributed by atoms with Crippen molar-refractivity contribution >= 4 is 22.6 Å². The summed E-state index contributed by atoms with van der Waals surface area (Å²) < 4.78 is 61.2. The summed E-state index contributed by atoms with van der Waals surface area (Å²) in [7, 11) is 4.45. The number of hydrogen-bond donors (Lipinski definition) is 1. The van der Waals surface area contributed by atoms with Crippen LogP contribution in [0.1, 0.15) is 16.1 Å². The number of aryl methyl sites for hydroxylation is 1. The Hall–Kier alpha value is -5.39. The molecule has 0 saturated heterocycles. The number of aromatic nitrogens is 3. The van der Waals surface area contributed by atoms with E-state index in [4.69, 9.17) is 14.2 Å². The molecule has 0 spiro atoms. The molecule has 0 aliphatic rings. The molecule has 0 unspecified atom stereocenters. The Bertz CT molecular complexity index is 1890. The first kappa shape index (κ1) is 28.1. The zero-order valence-corrected chi connectivity index (χ0v) is 22.8. The average molecular weight is 577 g/mol. The fourth-order valence-electron chi connectivity index (χ4n) is 4.37. The lowest BCUT2D eigenvalue weighted by atomic mass is 10.0. The third-order valence-corrected chi connectivity index (χ3v) is 6.55. The minimum absolute atomic E-state index is 0.00740. The van der Waals surface area contributed by atoms with Gasteiger partial charge < -0.3 is 24.1 Å². The summed E-state index contributed by atoms with van der Waals surface area (Å²) in [6.07, 6.45) is 2.69. The standard InChI is InChI=1S/C30H23F3N4O5/c1-15-25(16-5-7-17(31)8-6-16)27(38)19(14-37(15)2)29(39)35-18-11-20(32)28(21(33)12-18)42-23-9-10-34-22-13-24(40-3)30(41-4)36-26(22)23/h5-14H,1-4H3,(H,35,39). The van der Waals surface area contributed by atoms with Gasteiger partial charge in [0.2, 0.25) is 5.43 Å². The molecule has 3 heterocycles. The number of carbonyl (C=O) groups excluding carboxylic acids is 1. The number of anilines is 1. The van der Waals surface area contributed by atoms with Crippen LogP contribution in [-0.2, 0) is 7.05 Å². The Labute approximate surface area is 237 Å². The van der Waals surface area contributed by atoms with Crippen LogP contribution in [0.25, 0.3) is 22.2 Å². The van der Waals surface area contributed by atoms with Gasteiger partial charge in [0.25, 0.3) is 11.8 Å². The van der Waals surface area contributed by atoms with E-state index in [0.29, 0.717) is 22.5 Å². The Balaban J connectivity index is 1.46. The smallest absolute Gasteiger partial charge is 0.261 e. The molecule has 0 bridgehead atoms. The second-order valence-electron chi connectivity index (χ2n) is 9.15. The topological polar surface area (TPSA) is 105 Å². The van der Waals surface area contributed by atoms with Crippen molar-refractivity contribution in [3.63, 3.8) is 0 Å². The van der Waals surface area contributed by atoms with Crippen LogP contribution >= 0.6 is 0 Å². The number of nitrogens with zero attached hydrogens (tertiary/aromatic N) is 3. The second-order valence-corrected chi connectivity index (χ2v) is 9.15. The normalized spacial score (nSPS) is 10.9. The van der Waals surface area contributed by atoms with Crippen LogP contribution in [0.2, 0.25) is 0 Å². The van der Waals surface area contributed by atoms with Crippen molar-refractivity contribution in [2.24, 2.45) is 7.05 Å². The minimum atomic E-state index is -1.13. The van der Waals surface area contributed by atoms with E-state index in [1.807, 2.05) is 0 Å². The largest absolute Gasteiger partial charge is 0.491 e.